The molecule has 150 valence electrons. The normalized spacial score (nSPS) is 12.5. The van der Waals surface area contributed by atoms with Gasteiger partial charge in [-0.3, -0.25) is 0 Å². The fourth-order valence-electron chi connectivity index (χ4n) is 2.81. The van der Waals surface area contributed by atoms with Crippen molar-refractivity contribution in [3.8, 4) is 0 Å². The predicted octanol–water partition coefficient (Wildman–Crippen LogP) is 2.45. The van der Waals surface area contributed by atoms with E-state index >= 15 is 0 Å². The van der Waals surface area contributed by atoms with Crippen molar-refractivity contribution in [3.05, 3.63) is 36.4 Å². The number of nitrogens with one attached hydrogen (secondary N) is 1. The van der Waals surface area contributed by atoms with Crippen LogP contribution in [-0.2, 0) is 23.3 Å². The fraction of sp³-hybridized carbons (Fsp3) is 0.444. The zero-order valence-electron chi connectivity index (χ0n) is 16.5. The van der Waals surface area contributed by atoms with Crippen molar-refractivity contribution in [3.63, 3.8) is 0 Å². The summed E-state index contributed by atoms with van der Waals surface area (Å²) in [6.07, 6.45) is 0.556. The van der Waals surface area contributed by atoms with E-state index in [0.717, 1.165) is 16.5 Å². The molecule has 7 nitrogen and oxygen atoms in total. The molecule has 0 amide bonds. The van der Waals surface area contributed by atoms with Crippen molar-refractivity contribution in [2.24, 2.45) is 0 Å². The molecule has 2 aromatic carbocycles. The van der Waals surface area contributed by atoms with Gasteiger partial charge >= 0.3 is 8.80 Å². The Labute approximate surface area is 162 Å². The van der Waals surface area contributed by atoms with Crippen LogP contribution in [0.3, 0.4) is 0 Å². The summed E-state index contributed by atoms with van der Waals surface area (Å²) in [5, 5.41) is 1.88. The maximum absolute atomic E-state index is 12.6. The number of fused-ring (bicyclic) bond motifs is 1. The Kier molecular flexibility index (Phi) is 7.37. The number of rotatable bonds is 10. The quantitative estimate of drug-likeness (QED) is 0.477. The Morgan fingerprint density at radius 3 is 2.15 bits per heavy atom. The summed E-state index contributed by atoms with van der Waals surface area (Å²) in [6, 6.07) is 11.6. The summed E-state index contributed by atoms with van der Waals surface area (Å²) in [7, 11) is 2.30. The number of hydrogen-bond acceptors (Lipinski definition) is 6. The molecule has 0 saturated carbocycles. The van der Waals surface area contributed by atoms with Crippen molar-refractivity contribution in [2.45, 2.75) is 17.4 Å². The van der Waals surface area contributed by atoms with Crippen LogP contribution in [0.15, 0.2) is 41.3 Å². The average Bonchev–Trinajstić information content (AvgIpc) is 2.67. The van der Waals surface area contributed by atoms with E-state index in [1.807, 2.05) is 43.3 Å². The summed E-state index contributed by atoms with van der Waals surface area (Å²) >= 11 is 0. The predicted molar refractivity (Wildman–Crippen MR) is 110 cm³/mol. The second kappa shape index (κ2) is 9.13. The van der Waals surface area contributed by atoms with Gasteiger partial charge in [-0.15, -0.1) is 0 Å². The molecule has 27 heavy (non-hydrogen) atoms. The van der Waals surface area contributed by atoms with Crippen LogP contribution >= 0.6 is 0 Å². The lowest BCUT2D eigenvalue weighted by atomic mass is 10.1. The van der Waals surface area contributed by atoms with E-state index in [0.29, 0.717) is 12.5 Å². The molecule has 0 radical (unpaired) electrons. The maximum atomic E-state index is 12.6. The molecule has 0 unspecified atom stereocenters. The average molecular weight is 413 g/mol. The molecule has 0 atom stereocenters. The zero-order valence-corrected chi connectivity index (χ0v) is 18.3. The summed E-state index contributed by atoms with van der Waals surface area (Å²) < 4.78 is 43.8. The van der Waals surface area contributed by atoms with Gasteiger partial charge in [0, 0.05) is 53.7 Å². The standard InChI is InChI=1S/C18H28N2O5SSi/c1-20(2)17-9-7-16-14-18(10-8-15(16)13-17)26(21,22)19-11-6-12-27(23-3,24-4)25-5/h7-10,13-14,19H,6,11-12H2,1-5H3. The van der Waals surface area contributed by atoms with Crippen molar-refractivity contribution in [1.29, 1.82) is 0 Å². The minimum atomic E-state index is -3.58. The van der Waals surface area contributed by atoms with E-state index in [2.05, 4.69) is 4.72 Å². The lowest BCUT2D eigenvalue weighted by Gasteiger charge is -2.24. The Morgan fingerprint density at radius 1 is 0.963 bits per heavy atom. The second-order valence-corrected chi connectivity index (χ2v) is 11.2. The highest BCUT2D eigenvalue weighted by Gasteiger charge is 2.36. The molecule has 0 fully saturated rings. The van der Waals surface area contributed by atoms with E-state index < -0.39 is 18.8 Å². The molecular formula is C18H28N2O5SSi. The highest BCUT2D eigenvalue weighted by Crippen LogP contribution is 2.24. The van der Waals surface area contributed by atoms with Crippen LogP contribution in [0.4, 0.5) is 5.69 Å². The van der Waals surface area contributed by atoms with Crippen molar-refractivity contribution >= 4 is 35.3 Å². The van der Waals surface area contributed by atoms with Gasteiger partial charge in [-0.2, -0.15) is 0 Å². The first-order valence-electron chi connectivity index (χ1n) is 8.63. The molecule has 1 N–H and O–H groups in total. The first-order valence-corrected chi connectivity index (χ1v) is 12.0. The molecule has 0 bridgehead atoms. The third-order valence-corrected chi connectivity index (χ3v) is 8.80. The summed E-state index contributed by atoms with van der Waals surface area (Å²) in [6.45, 7) is 0.283. The molecule has 0 aliphatic carbocycles. The topological polar surface area (TPSA) is 77.1 Å². The smallest absolute Gasteiger partial charge is 0.378 e. The molecule has 9 heteroatoms. The summed E-state index contributed by atoms with van der Waals surface area (Å²) in [5.41, 5.74) is 1.07. The van der Waals surface area contributed by atoms with E-state index in [4.69, 9.17) is 13.3 Å². The minimum Gasteiger partial charge on any atom is -0.378 e. The van der Waals surface area contributed by atoms with E-state index in [1.54, 1.807) is 33.5 Å². The van der Waals surface area contributed by atoms with Crippen molar-refractivity contribution < 1.29 is 21.7 Å². The number of anilines is 1. The van der Waals surface area contributed by atoms with Crippen molar-refractivity contribution in [2.75, 3.05) is 46.9 Å². The van der Waals surface area contributed by atoms with Gasteiger partial charge in [-0.25, -0.2) is 13.1 Å². The van der Waals surface area contributed by atoms with E-state index in [1.165, 1.54) is 0 Å². The molecule has 0 spiro atoms. The Bertz CT molecular complexity index is 861. The van der Waals surface area contributed by atoms with Crippen LogP contribution in [0.1, 0.15) is 6.42 Å². The van der Waals surface area contributed by atoms with Crippen LogP contribution < -0.4 is 9.62 Å². The van der Waals surface area contributed by atoms with Gasteiger partial charge < -0.3 is 18.2 Å². The summed E-state index contributed by atoms with van der Waals surface area (Å²) in [4.78, 5) is 2.26. The second-order valence-electron chi connectivity index (χ2n) is 6.38. The lowest BCUT2D eigenvalue weighted by molar-refractivity contribution is 0.123. The molecule has 0 aliphatic heterocycles. The fourth-order valence-corrected chi connectivity index (χ4v) is 5.64. The van der Waals surface area contributed by atoms with Crippen LogP contribution in [-0.4, -0.2) is 59.2 Å². The van der Waals surface area contributed by atoms with Gasteiger partial charge in [0.25, 0.3) is 0 Å². The van der Waals surface area contributed by atoms with E-state index in [9.17, 15) is 8.42 Å². The molecule has 2 rings (SSSR count). The van der Waals surface area contributed by atoms with Gasteiger partial charge in [0.1, 0.15) is 0 Å². The van der Waals surface area contributed by atoms with Crippen molar-refractivity contribution in [1.82, 2.24) is 4.72 Å². The number of nitrogens with zero attached hydrogens (tertiary/aromatic N) is 1. The Hall–Kier alpha value is -1.49. The zero-order chi connectivity index (χ0) is 20.1. The number of sulfonamides is 1. The maximum Gasteiger partial charge on any atom is 0.500 e. The highest BCUT2D eigenvalue weighted by atomic mass is 32.2. The number of hydrogen-bond donors (Lipinski definition) is 1. The van der Waals surface area contributed by atoms with Gasteiger partial charge in [-0.1, -0.05) is 12.1 Å². The molecule has 0 aromatic heterocycles. The SMILES string of the molecule is CO[Si](CCCNS(=O)(=O)c1ccc2cc(N(C)C)ccc2c1)(OC)OC. The van der Waals surface area contributed by atoms with Crippen LogP contribution in [0.25, 0.3) is 10.8 Å². The largest absolute Gasteiger partial charge is 0.500 e. The molecular weight excluding hydrogens is 384 g/mol. The van der Waals surface area contributed by atoms with Gasteiger partial charge in [0.2, 0.25) is 10.0 Å². The van der Waals surface area contributed by atoms with Crippen LogP contribution in [0.2, 0.25) is 6.04 Å². The summed E-state index contributed by atoms with van der Waals surface area (Å²) in [5.74, 6) is 0. The minimum absolute atomic E-state index is 0.251. The number of benzene rings is 2. The molecule has 0 heterocycles. The first-order chi connectivity index (χ1) is 12.8. The monoisotopic (exact) mass is 412 g/mol. The third-order valence-electron chi connectivity index (χ3n) is 4.51. The van der Waals surface area contributed by atoms with E-state index in [-0.39, 0.29) is 11.4 Å². The first kappa shape index (κ1) is 21.8. The van der Waals surface area contributed by atoms with Gasteiger partial charge in [0.15, 0.2) is 0 Å². The Morgan fingerprint density at radius 2 is 1.56 bits per heavy atom. The lowest BCUT2D eigenvalue weighted by Crippen LogP contribution is -2.43. The van der Waals surface area contributed by atoms with Crippen LogP contribution in [0.5, 0.6) is 0 Å². The molecule has 0 aliphatic rings. The molecule has 0 saturated heterocycles. The molecule has 2 aromatic rings. The van der Waals surface area contributed by atoms with Crippen LogP contribution in [0, 0.1) is 0 Å². The van der Waals surface area contributed by atoms with Gasteiger partial charge in [-0.05, 0) is 41.5 Å². The third kappa shape index (κ3) is 5.28. The van der Waals surface area contributed by atoms with Gasteiger partial charge in [0.05, 0.1) is 4.90 Å². The highest BCUT2D eigenvalue weighted by molar-refractivity contribution is 7.89. The Balaban J connectivity index is 2.07.